The Balaban J connectivity index is 1.61. The van der Waals surface area contributed by atoms with Crippen LogP contribution < -0.4 is 10.2 Å². The van der Waals surface area contributed by atoms with E-state index in [-0.39, 0.29) is 40.9 Å². The molecule has 2 aromatic rings. The molecule has 1 aliphatic heterocycles. The highest BCUT2D eigenvalue weighted by molar-refractivity contribution is 5.95. The molecule has 2 fully saturated rings. The minimum Gasteiger partial charge on any atom is -0.483 e. The summed E-state index contributed by atoms with van der Waals surface area (Å²) in [6.45, 7) is 1.39. The van der Waals surface area contributed by atoms with Crippen LogP contribution in [0.4, 0.5) is 0 Å². The number of hydrogen-bond acceptors (Lipinski definition) is 4. The topological polar surface area (TPSA) is 71.8 Å². The zero-order valence-corrected chi connectivity index (χ0v) is 16.8. The van der Waals surface area contributed by atoms with Gasteiger partial charge in [0.2, 0.25) is 5.43 Å². The number of likely N-dealkylation sites (tertiary alicyclic amines) is 1. The van der Waals surface area contributed by atoms with Crippen LogP contribution in [0.1, 0.15) is 48.2 Å². The predicted molar refractivity (Wildman–Crippen MR) is 110 cm³/mol. The van der Waals surface area contributed by atoms with Crippen LogP contribution in [0.2, 0.25) is 0 Å². The summed E-state index contributed by atoms with van der Waals surface area (Å²) in [7, 11) is 1.76. The fourth-order valence-electron chi connectivity index (χ4n) is 4.80. The molecule has 1 aromatic carbocycles. The Kier molecular flexibility index (Phi) is 5.46. The highest BCUT2D eigenvalue weighted by atomic mass is 16.5. The van der Waals surface area contributed by atoms with Crippen molar-refractivity contribution in [2.24, 2.45) is 12.5 Å². The van der Waals surface area contributed by atoms with Crippen molar-refractivity contribution in [2.45, 2.75) is 44.8 Å². The van der Waals surface area contributed by atoms with Crippen molar-refractivity contribution >= 4 is 5.91 Å². The van der Waals surface area contributed by atoms with Crippen molar-refractivity contribution in [2.75, 3.05) is 13.1 Å². The standard InChI is InChI=1S/C23H28N2O4/c1-24-14-10-18(26)21(29-15-17-7-3-2-4-8-17)20(24)22(28)25-13-6-12-23(16-25)11-5-9-19(23)27/h2-4,7-8,10,14,19,27H,5-6,9,11-13,15-16H2,1H3/t19-,23-/m1/s1. The number of carbonyl (C=O) groups is 1. The second kappa shape index (κ2) is 8.03. The quantitative estimate of drug-likeness (QED) is 0.863. The number of aliphatic hydroxyl groups excluding tert-OH is 1. The number of carbonyl (C=O) groups excluding carboxylic acids is 1. The van der Waals surface area contributed by atoms with Crippen molar-refractivity contribution in [3.8, 4) is 5.75 Å². The van der Waals surface area contributed by atoms with Gasteiger partial charge in [0, 0.05) is 37.8 Å². The Morgan fingerprint density at radius 2 is 1.97 bits per heavy atom. The lowest BCUT2D eigenvalue weighted by molar-refractivity contribution is -0.00584. The molecule has 29 heavy (non-hydrogen) atoms. The van der Waals surface area contributed by atoms with Crippen molar-refractivity contribution < 1.29 is 14.6 Å². The summed E-state index contributed by atoms with van der Waals surface area (Å²) in [6, 6.07) is 11.0. The first kappa shape index (κ1) is 19.7. The zero-order valence-electron chi connectivity index (χ0n) is 16.8. The van der Waals surface area contributed by atoms with Gasteiger partial charge in [0.15, 0.2) is 11.4 Å². The van der Waals surface area contributed by atoms with Gasteiger partial charge in [0.1, 0.15) is 6.61 Å². The zero-order chi connectivity index (χ0) is 20.4. The molecule has 1 spiro atoms. The lowest BCUT2D eigenvalue weighted by Crippen LogP contribution is -2.50. The van der Waals surface area contributed by atoms with Crippen molar-refractivity contribution in [3.63, 3.8) is 0 Å². The van der Waals surface area contributed by atoms with E-state index in [1.54, 1.807) is 22.7 Å². The maximum absolute atomic E-state index is 13.5. The van der Waals surface area contributed by atoms with E-state index in [1.807, 2.05) is 30.3 Å². The van der Waals surface area contributed by atoms with Crippen LogP contribution in [0.15, 0.2) is 47.4 Å². The fraction of sp³-hybridized carbons (Fsp3) is 0.478. The SMILES string of the molecule is Cn1ccc(=O)c(OCc2ccccc2)c1C(=O)N1CCC[C@]2(CCC[C@H]2O)C1. The molecule has 6 heteroatoms. The number of rotatable bonds is 4. The van der Waals surface area contributed by atoms with E-state index < -0.39 is 0 Å². The van der Waals surface area contributed by atoms with E-state index in [9.17, 15) is 14.7 Å². The van der Waals surface area contributed by atoms with Gasteiger partial charge in [-0.25, -0.2) is 0 Å². The van der Waals surface area contributed by atoms with Crippen molar-refractivity contribution in [3.05, 3.63) is 64.1 Å². The number of aryl methyl sites for hydroxylation is 1. The fourth-order valence-corrected chi connectivity index (χ4v) is 4.80. The highest BCUT2D eigenvalue weighted by Crippen LogP contribution is 2.45. The first-order valence-electron chi connectivity index (χ1n) is 10.3. The molecule has 0 unspecified atom stereocenters. The summed E-state index contributed by atoms with van der Waals surface area (Å²) in [6.07, 6.45) is 5.81. The summed E-state index contributed by atoms with van der Waals surface area (Å²) in [4.78, 5) is 27.8. The van der Waals surface area contributed by atoms with E-state index in [0.717, 1.165) is 37.7 Å². The van der Waals surface area contributed by atoms with Crippen LogP contribution in [0, 0.1) is 5.41 Å². The number of amides is 1. The molecule has 2 atom stereocenters. The molecule has 0 radical (unpaired) electrons. The molecule has 2 aliphatic rings. The lowest BCUT2D eigenvalue weighted by atomic mass is 9.76. The Morgan fingerprint density at radius 1 is 1.21 bits per heavy atom. The highest BCUT2D eigenvalue weighted by Gasteiger charge is 2.46. The van der Waals surface area contributed by atoms with Gasteiger partial charge in [0.05, 0.1) is 6.10 Å². The number of benzene rings is 1. The molecule has 6 nitrogen and oxygen atoms in total. The van der Waals surface area contributed by atoms with Gasteiger partial charge in [-0.3, -0.25) is 9.59 Å². The van der Waals surface area contributed by atoms with Gasteiger partial charge in [-0.05, 0) is 31.2 Å². The van der Waals surface area contributed by atoms with Crippen LogP contribution in [0.3, 0.4) is 0 Å². The Bertz CT molecular complexity index is 940. The van der Waals surface area contributed by atoms with Crippen molar-refractivity contribution in [1.29, 1.82) is 0 Å². The number of ether oxygens (including phenoxy) is 1. The van der Waals surface area contributed by atoms with Crippen LogP contribution in [-0.2, 0) is 13.7 Å². The van der Waals surface area contributed by atoms with Gasteiger partial charge in [-0.2, -0.15) is 0 Å². The summed E-state index contributed by atoms with van der Waals surface area (Å²) < 4.78 is 7.52. The molecular weight excluding hydrogens is 368 g/mol. The maximum atomic E-state index is 13.5. The molecule has 2 heterocycles. The third-order valence-electron chi connectivity index (χ3n) is 6.42. The summed E-state index contributed by atoms with van der Waals surface area (Å²) in [5.74, 6) is -0.109. The molecule has 1 aromatic heterocycles. The van der Waals surface area contributed by atoms with Crippen LogP contribution in [-0.4, -0.2) is 39.7 Å². The number of piperidine rings is 1. The molecule has 1 saturated carbocycles. The van der Waals surface area contributed by atoms with E-state index >= 15 is 0 Å². The first-order chi connectivity index (χ1) is 14.0. The van der Waals surface area contributed by atoms with E-state index in [2.05, 4.69) is 0 Å². The molecule has 154 valence electrons. The molecule has 1 aliphatic carbocycles. The first-order valence-corrected chi connectivity index (χ1v) is 10.3. The minimum atomic E-state index is -0.355. The predicted octanol–water partition coefficient (Wildman–Crippen LogP) is 2.73. The molecule has 1 N–H and O–H groups in total. The van der Waals surface area contributed by atoms with Gasteiger partial charge in [-0.1, -0.05) is 36.8 Å². The second-order valence-corrected chi connectivity index (χ2v) is 8.34. The summed E-state index contributed by atoms with van der Waals surface area (Å²) >= 11 is 0. The van der Waals surface area contributed by atoms with Gasteiger partial charge in [-0.15, -0.1) is 0 Å². The smallest absolute Gasteiger partial charge is 0.274 e. The van der Waals surface area contributed by atoms with Gasteiger partial charge < -0.3 is 19.3 Å². The Morgan fingerprint density at radius 3 is 2.69 bits per heavy atom. The summed E-state index contributed by atoms with van der Waals surface area (Å²) in [5.41, 5.74) is 0.711. The maximum Gasteiger partial charge on any atom is 0.274 e. The van der Waals surface area contributed by atoms with Crippen molar-refractivity contribution in [1.82, 2.24) is 9.47 Å². The molecule has 1 amide bonds. The average molecular weight is 396 g/mol. The number of aromatic nitrogens is 1. The third-order valence-corrected chi connectivity index (χ3v) is 6.42. The van der Waals surface area contributed by atoms with Crippen LogP contribution >= 0.6 is 0 Å². The Hall–Kier alpha value is -2.60. The number of hydrogen-bond donors (Lipinski definition) is 1. The third kappa shape index (κ3) is 3.81. The molecular formula is C23H28N2O4. The van der Waals surface area contributed by atoms with Gasteiger partial charge >= 0.3 is 0 Å². The minimum absolute atomic E-state index is 0.0930. The second-order valence-electron chi connectivity index (χ2n) is 8.34. The normalized spacial score (nSPS) is 24.1. The molecule has 0 bridgehead atoms. The number of pyridine rings is 1. The van der Waals surface area contributed by atoms with Crippen LogP contribution in [0.5, 0.6) is 5.75 Å². The summed E-state index contributed by atoms with van der Waals surface area (Å²) in [5, 5.41) is 10.5. The Labute approximate surface area is 170 Å². The number of aliphatic hydroxyl groups is 1. The molecule has 1 saturated heterocycles. The largest absolute Gasteiger partial charge is 0.483 e. The van der Waals surface area contributed by atoms with E-state index in [0.29, 0.717) is 13.1 Å². The van der Waals surface area contributed by atoms with E-state index in [1.165, 1.54) is 6.07 Å². The van der Waals surface area contributed by atoms with Gasteiger partial charge in [0.25, 0.3) is 5.91 Å². The molecule has 4 rings (SSSR count). The van der Waals surface area contributed by atoms with Crippen LogP contribution in [0.25, 0.3) is 0 Å². The monoisotopic (exact) mass is 396 g/mol. The average Bonchev–Trinajstić information content (AvgIpc) is 3.08. The van der Waals surface area contributed by atoms with E-state index in [4.69, 9.17) is 4.74 Å². The number of nitrogens with zero attached hydrogens (tertiary/aromatic N) is 2. The lowest BCUT2D eigenvalue weighted by Gasteiger charge is -2.42.